The molecule has 0 radical (unpaired) electrons. The molecule has 6 nitrogen and oxygen atoms in total. The zero-order valence-electron chi connectivity index (χ0n) is 10.3. The fraction of sp³-hybridized carbons (Fsp3) is 0.308. The van der Waals surface area contributed by atoms with Crippen molar-refractivity contribution in [2.75, 3.05) is 0 Å². The highest BCUT2D eigenvalue weighted by molar-refractivity contribution is 5.95. The molecular formula is C13H12N2O4. The Morgan fingerprint density at radius 2 is 2.37 bits per heavy atom. The monoisotopic (exact) mass is 260 g/mol. The molecule has 2 aromatic rings. The Morgan fingerprint density at radius 1 is 1.53 bits per heavy atom. The summed E-state index contributed by atoms with van der Waals surface area (Å²) in [5, 5.41) is 7.56. The maximum Gasteiger partial charge on any atom is 0.347 e. The molecule has 1 saturated heterocycles. The van der Waals surface area contributed by atoms with Gasteiger partial charge in [-0.15, -0.1) is 0 Å². The van der Waals surface area contributed by atoms with Crippen LogP contribution in [0.4, 0.5) is 0 Å². The van der Waals surface area contributed by atoms with Gasteiger partial charge >= 0.3 is 11.9 Å². The van der Waals surface area contributed by atoms with Gasteiger partial charge in [0.25, 0.3) is 0 Å². The molecule has 1 aromatic carbocycles. The molecule has 2 heterocycles. The lowest BCUT2D eigenvalue weighted by Crippen LogP contribution is -2.22. The van der Waals surface area contributed by atoms with E-state index in [2.05, 4.69) is 10.2 Å². The summed E-state index contributed by atoms with van der Waals surface area (Å²) in [5.74, 6) is -1.02. The van der Waals surface area contributed by atoms with Crippen molar-refractivity contribution in [1.29, 1.82) is 0 Å². The fourth-order valence-electron chi connectivity index (χ4n) is 2.08. The first-order valence-electron chi connectivity index (χ1n) is 5.98. The second-order valence-corrected chi connectivity index (χ2v) is 4.55. The molecule has 3 rings (SSSR count). The number of cyclic esters (lactones) is 1. The van der Waals surface area contributed by atoms with Crippen LogP contribution < -0.4 is 0 Å². The van der Waals surface area contributed by atoms with Crippen LogP contribution in [0.15, 0.2) is 24.4 Å². The molecular weight excluding hydrogens is 248 g/mol. The zero-order chi connectivity index (χ0) is 13.4. The highest BCUT2D eigenvalue weighted by atomic mass is 16.6. The van der Waals surface area contributed by atoms with Crippen LogP contribution in [-0.4, -0.2) is 34.3 Å². The SMILES string of the molecule is C[C@H]1C[C@@H](OC(=O)c2ccc3cn[nH]c3c2)C(=O)O1. The number of aromatic amines is 1. The fourth-order valence-corrected chi connectivity index (χ4v) is 2.08. The summed E-state index contributed by atoms with van der Waals surface area (Å²) >= 11 is 0. The van der Waals surface area contributed by atoms with E-state index in [1.807, 2.05) is 0 Å². The molecule has 1 aromatic heterocycles. The van der Waals surface area contributed by atoms with Gasteiger partial charge in [-0.3, -0.25) is 5.10 Å². The van der Waals surface area contributed by atoms with Gasteiger partial charge in [0.2, 0.25) is 6.10 Å². The van der Waals surface area contributed by atoms with E-state index in [1.54, 1.807) is 31.3 Å². The molecule has 0 unspecified atom stereocenters. The molecule has 1 aliphatic heterocycles. The van der Waals surface area contributed by atoms with Crippen LogP contribution in [0.25, 0.3) is 10.9 Å². The van der Waals surface area contributed by atoms with E-state index in [9.17, 15) is 9.59 Å². The first kappa shape index (κ1) is 11.7. The van der Waals surface area contributed by atoms with Gasteiger partial charge in [0.1, 0.15) is 6.10 Å². The maximum absolute atomic E-state index is 12.0. The van der Waals surface area contributed by atoms with Gasteiger partial charge in [0, 0.05) is 11.8 Å². The predicted octanol–water partition coefficient (Wildman–Crippen LogP) is 1.42. The molecule has 19 heavy (non-hydrogen) atoms. The maximum atomic E-state index is 12.0. The second kappa shape index (κ2) is 4.38. The third kappa shape index (κ3) is 2.16. The van der Waals surface area contributed by atoms with E-state index in [0.717, 1.165) is 10.9 Å². The molecule has 6 heteroatoms. The number of benzene rings is 1. The number of hydrogen-bond acceptors (Lipinski definition) is 5. The Morgan fingerprint density at radius 3 is 3.11 bits per heavy atom. The zero-order valence-corrected chi connectivity index (χ0v) is 10.3. The van der Waals surface area contributed by atoms with Gasteiger partial charge in [0.05, 0.1) is 17.3 Å². The number of rotatable bonds is 2. The molecule has 0 bridgehead atoms. The molecule has 1 aliphatic rings. The molecule has 0 spiro atoms. The van der Waals surface area contributed by atoms with E-state index in [0.29, 0.717) is 12.0 Å². The Balaban J connectivity index is 1.78. The molecule has 0 aliphatic carbocycles. The molecule has 98 valence electrons. The Kier molecular flexibility index (Phi) is 2.70. The van der Waals surface area contributed by atoms with Gasteiger partial charge < -0.3 is 9.47 Å². The van der Waals surface area contributed by atoms with Crippen LogP contribution in [0.2, 0.25) is 0 Å². The third-order valence-corrected chi connectivity index (χ3v) is 3.05. The highest BCUT2D eigenvalue weighted by Crippen LogP contribution is 2.20. The summed E-state index contributed by atoms with van der Waals surface area (Å²) < 4.78 is 10.1. The second-order valence-electron chi connectivity index (χ2n) is 4.55. The average molecular weight is 260 g/mol. The summed E-state index contributed by atoms with van der Waals surface area (Å²) in [6.45, 7) is 1.77. The van der Waals surface area contributed by atoms with Crippen molar-refractivity contribution in [3.63, 3.8) is 0 Å². The summed E-state index contributed by atoms with van der Waals surface area (Å²) in [6, 6.07) is 5.06. The topological polar surface area (TPSA) is 81.3 Å². The lowest BCUT2D eigenvalue weighted by Gasteiger charge is -2.08. The number of carbonyl (C=O) groups is 2. The van der Waals surface area contributed by atoms with Crippen molar-refractivity contribution in [2.45, 2.75) is 25.6 Å². The number of H-pyrrole nitrogens is 1. The summed E-state index contributed by atoms with van der Waals surface area (Å²) in [7, 11) is 0. The first-order valence-corrected chi connectivity index (χ1v) is 5.98. The van der Waals surface area contributed by atoms with Crippen molar-refractivity contribution in [1.82, 2.24) is 10.2 Å². The molecule has 1 fully saturated rings. The van der Waals surface area contributed by atoms with E-state index < -0.39 is 18.0 Å². The molecule has 0 saturated carbocycles. The predicted molar refractivity (Wildman–Crippen MR) is 65.5 cm³/mol. The largest absolute Gasteiger partial charge is 0.460 e. The number of nitrogens with zero attached hydrogens (tertiary/aromatic N) is 1. The Labute approximate surface area is 108 Å². The van der Waals surface area contributed by atoms with Crippen LogP contribution in [-0.2, 0) is 14.3 Å². The number of esters is 2. The van der Waals surface area contributed by atoms with Gasteiger partial charge in [0.15, 0.2) is 0 Å². The first-order chi connectivity index (χ1) is 9.13. The molecule has 2 atom stereocenters. The van der Waals surface area contributed by atoms with Gasteiger partial charge in [-0.1, -0.05) is 6.07 Å². The Hall–Kier alpha value is -2.37. The number of nitrogens with one attached hydrogen (secondary N) is 1. The van der Waals surface area contributed by atoms with Crippen molar-refractivity contribution >= 4 is 22.8 Å². The summed E-state index contributed by atoms with van der Waals surface area (Å²) in [6.07, 6.45) is 1.05. The van der Waals surface area contributed by atoms with E-state index in [4.69, 9.17) is 9.47 Å². The van der Waals surface area contributed by atoms with Gasteiger partial charge in [-0.25, -0.2) is 9.59 Å². The normalized spacial score (nSPS) is 22.5. The van der Waals surface area contributed by atoms with Crippen LogP contribution >= 0.6 is 0 Å². The standard InChI is InChI=1S/C13H12N2O4/c1-7-4-11(13(17)18-7)19-12(16)8-2-3-9-6-14-15-10(9)5-8/h2-3,5-7,11H,4H2,1H3,(H,14,15)/t7-,11+/m0/s1. The lowest BCUT2D eigenvalue weighted by atomic mass is 10.1. The highest BCUT2D eigenvalue weighted by Gasteiger charge is 2.35. The van der Waals surface area contributed by atoms with Crippen LogP contribution in [0, 0.1) is 0 Å². The molecule has 0 amide bonds. The van der Waals surface area contributed by atoms with Crippen molar-refractivity contribution in [3.05, 3.63) is 30.0 Å². The number of carbonyl (C=O) groups excluding carboxylic acids is 2. The number of fused-ring (bicyclic) bond motifs is 1. The minimum Gasteiger partial charge on any atom is -0.460 e. The Bertz CT molecular complexity index is 649. The minimum absolute atomic E-state index is 0.208. The smallest absolute Gasteiger partial charge is 0.347 e. The third-order valence-electron chi connectivity index (χ3n) is 3.05. The van der Waals surface area contributed by atoms with E-state index in [1.165, 1.54) is 0 Å². The van der Waals surface area contributed by atoms with E-state index >= 15 is 0 Å². The van der Waals surface area contributed by atoms with Crippen LogP contribution in [0.1, 0.15) is 23.7 Å². The van der Waals surface area contributed by atoms with Crippen molar-refractivity contribution in [3.8, 4) is 0 Å². The number of ether oxygens (including phenoxy) is 2. The van der Waals surface area contributed by atoms with Gasteiger partial charge in [-0.2, -0.15) is 5.10 Å². The van der Waals surface area contributed by atoms with E-state index in [-0.39, 0.29) is 6.10 Å². The average Bonchev–Trinajstić information content (AvgIpc) is 2.95. The lowest BCUT2D eigenvalue weighted by molar-refractivity contribution is -0.147. The number of aromatic nitrogens is 2. The quantitative estimate of drug-likeness (QED) is 0.826. The van der Waals surface area contributed by atoms with Gasteiger partial charge in [-0.05, 0) is 19.1 Å². The van der Waals surface area contributed by atoms with Crippen molar-refractivity contribution in [2.24, 2.45) is 0 Å². The number of hydrogen-bond donors (Lipinski definition) is 1. The van der Waals surface area contributed by atoms with Crippen LogP contribution in [0.5, 0.6) is 0 Å². The summed E-state index contributed by atoms with van der Waals surface area (Å²) in [4.78, 5) is 23.4. The summed E-state index contributed by atoms with van der Waals surface area (Å²) in [5.41, 5.74) is 1.13. The minimum atomic E-state index is -0.806. The molecule has 1 N–H and O–H groups in total. The van der Waals surface area contributed by atoms with Crippen molar-refractivity contribution < 1.29 is 19.1 Å². The van der Waals surface area contributed by atoms with Crippen LogP contribution in [0.3, 0.4) is 0 Å².